The summed E-state index contributed by atoms with van der Waals surface area (Å²) in [5.74, 6) is 0.685. The van der Waals surface area contributed by atoms with Gasteiger partial charge >= 0.3 is 6.16 Å². The van der Waals surface area contributed by atoms with Gasteiger partial charge in [0.25, 0.3) is 0 Å². The smallest absolute Gasteiger partial charge is 0.469 e. The zero-order valence-electron chi connectivity index (χ0n) is 10.1. The number of hydrogen-bond acceptors (Lipinski definition) is 5. The van der Waals surface area contributed by atoms with Crippen LogP contribution in [0.15, 0.2) is 11.8 Å². The van der Waals surface area contributed by atoms with Crippen molar-refractivity contribution in [3.8, 4) is 0 Å². The first-order chi connectivity index (χ1) is 7.49. The second-order valence-corrected chi connectivity index (χ2v) is 3.88. The second-order valence-electron chi connectivity index (χ2n) is 3.88. The van der Waals surface area contributed by atoms with Crippen LogP contribution in [-0.4, -0.2) is 31.3 Å². The van der Waals surface area contributed by atoms with Gasteiger partial charge < -0.3 is 18.9 Å². The maximum atomic E-state index is 11.2. The molecule has 16 heavy (non-hydrogen) atoms. The third-order valence-corrected chi connectivity index (χ3v) is 1.96. The minimum atomic E-state index is -0.675. The molecule has 0 aliphatic carbocycles. The van der Waals surface area contributed by atoms with Crippen molar-refractivity contribution in [2.24, 2.45) is 0 Å². The van der Waals surface area contributed by atoms with Crippen LogP contribution in [0.25, 0.3) is 0 Å². The highest BCUT2D eigenvalue weighted by Gasteiger charge is 2.20. The van der Waals surface area contributed by atoms with Crippen LogP contribution in [-0.2, 0) is 18.9 Å². The highest BCUT2D eigenvalue weighted by molar-refractivity contribution is 5.60. The highest BCUT2D eigenvalue weighted by Crippen LogP contribution is 2.17. The fourth-order valence-corrected chi connectivity index (χ4v) is 1.22. The maximum absolute atomic E-state index is 11.2. The van der Waals surface area contributed by atoms with E-state index in [2.05, 4.69) is 0 Å². The highest BCUT2D eigenvalue weighted by atomic mass is 16.7. The average molecular weight is 230 g/mol. The first-order valence-corrected chi connectivity index (χ1v) is 5.32. The summed E-state index contributed by atoms with van der Waals surface area (Å²) >= 11 is 0. The van der Waals surface area contributed by atoms with Gasteiger partial charge in [0.1, 0.15) is 18.0 Å². The van der Waals surface area contributed by atoms with E-state index in [0.717, 1.165) is 0 Å². The molecular weight excluding hydrogens is 212 g/mol. The van der Waals surface area contributed by atoms with Gasteiger partial charge in [0.2, 0.25) is 0 Å². The summed E-state index contributed by atoms with van der Waals surface area (Å²) in [6.07, 6.45) is 0.361. The molecule has 0 aromatic heterocycles. The molecule has 0 saturated carbocycles. The van der Waals surface area contributed by atoms with Crippen LogP contribution in [0.1, 0.15) is 27.7 Å². The summed E-state index contributed by atoms with van der Waals surface area (Å²) in [4.78, 5) is 11.2. The largest absolute Gasteiger partial charge is 0.509 e. The molecule has 1 aliphatic heterocycles. The maximum Gasteiger partial charge on any atom is 0.509 e. The molecule has 1 aliphatic rings. The summed E-state index contributed by atoms with van der Waals surface area (Å²) in [7, 11) is 0. The Labute approximate surface area is 95.3 Å². The Hall–Kier alpha value is -1.23. The van der Waals surface area contributed by atoms with Gasteiger partial charge in [0.05, 0.1) is 6.10 Å². The predicted molar refractivity (Wildman–Crippen MR) is 56.7 cm³/mol. The fraction of sp³-hybridized carbons (Fsp3) is 0.727. The Balaban J connectivity index is 2.40. The van der Waals surface area contributed by atoms with E-state index in [0.29, 0.717) is 5.76 Å². The molecule has 5 nitrogen and oxygen atoms in total. The van der Waals surface area contributed by atoms with Crippen molar-refractivity contribution in [2.75, 3.05) is 6.79 Å². The minimum Gasteiger partial charge on any atom is -0.469 e. The molecule has 0 aromatic carbocycles. The zero-order valence-corrected chi connectivity index (χ0v) is 10.1. The van der Waals surface area contributed by atoms with Gasteiger partial charge in [0.15, 0.2) is 6.79 Å². The fourth-order valence-electron chi connectivity index (χ4n) is 1.22. The van der Waals surface area contributed by atoms with E-state index in [9.17, 15) is 4.79 Å². The molecular formula is C11H18O5. The van der Waals surface area contributed by atoms with E-state index < -0.39 is 12.3 Å². The Morgan fingerprint density at radius 1 is 1.44 bits per heavy atom. The van der Waals surface area contributed by atoms with Crippen LogP contribution in [0.3, 0.4) is 0 Å². The Morgan fingerprint density at radius 2 is 2.12 bits per heavy atom. The molecule has 0 bridgehead atoms. The SMILES string of the molecule is CC(C)OC(=O)OC(C)/C=C1\OCOC1C. The lowest BCUT2D eigenvalue weighted by Gasteiger charge is -2.12. The van der Waals surface area contributed by atoms with Gasteiger partial charge in [-0.15, -0.1) is 0 Å². The summed E-state index contributed by atoms with van der Waals surface area (Å²) in [5.41, 5.74) is 0. The van der Waals surface area contributed by atoms with Crippen molar-refractivity contribution in [3.63, 3.8) is 0 Å². The third kappa shape index (κ3) is 4.10. The molecule has 0 amide bonds. The first-order valence-electron chi connectivity index (χ1n) is 5.32. The summed E-state index contributed by atoms with van der Waals surface area (Å²) in [6, 6.07) is 0. The molecule has 0 aromatic rings. The van der Waals surface area contributed by atoms with Gasteiger partial charge in [-0.1, -0.05) is 0 Å². The summed E-state index contributed by atoms with van der Waals surface area (Å²) < 4.78 is 20.2. The van der Waals surface area contributed by atoms with E-state index in [4.69, 9.17) is 18.9 Å². The first kappa shape index (κ1) is 12.8. The van der Waals surface area contributed by atoms with E-state index in [1.165, 1.54) is 0 Å². The van der Waals surface area contributed by atoms with Crippen LogP contribution in [0.4, 0.5) is 4.79 Å². The monoisotopic (exact) mass is 230 g/mol. The lowest BCUT2D eigenvalue weighted by molar-refractivity contribution is 0.0222. The van der Waals surface area contributed by atoms with Gasteiger partial charge in [0, 0.05) is 0 Å². The topological polar surface area (TPSA) is 54.0 Å². The second kappa shape index (κ2) is 5.75. The molecule has 92 valence electrons. The van der Waals surface area contributed by atoms with Crippen molar-refractivity contribution in [3.05, 3.63) is 11.8 Å². The van der Waals surface area contributed by atoms with Crippen LogP contribution in [0, 0.1) is 0 Å². The molecule has 0 radical (unpaired) electrons. The molecule has 2 atom stereocenters. The standard InChI is InChI=1S/C11H18O5/c1-7(2)15-11(12)16-8(3)5-10-9(4)13-6-14-10/h5,7-9H,6H2,1-4H3/b10-5-. The van der Waals surface area contributed by atoms with E-state index in [1.54, 1.807) is 26.8 Å². The number of hydrogen-bond donors (Lipinski definition) is 0. The molecule has 5 heteroatoms. The normalized spacial score (nSPS) is 24.3. The van der Waals surface area contributed by atoms with Crippen LogP contribution < -0.4 is 0 Å². The van der Waals surface area contributed by atoms with E-state index >= 15 is 0 Å². The Morgan fingerprint density at radius 3 is 2.62 bits per heavy atom. The van der Waals surface area contributed by atoms with Gasteiger partial charge in [-0.3, -0.25) is 0 Å². The predicted octanol–water partition coefficient (Wildman–Crippen LogP) is 2.21. The lowest BCUT2D eigenvalue weighted by atomic mass is 10.2. The van der Waals surface area contributed by atoms with Crippen LogP contribution in [0.2, 0.25) is 0 Å². The molecule has 1 rings (SSSR count). The van der Waals surface area contributed by atoms with Gasteiger partial charge in [-0.25, -0.2) is 4.79 Å². The molecule has 1 fully saturated rings. The number of ether oxygens (including phenoxy) is 4. The third-order valence-electron chi connectivity index (χ3n) is 1.96. The van der Waals surface area contributed by atoms with Crippen molar-refractivity contribution in [2.45, 2.75) is 46.0 Å². The van der Waals surface area contributed by atoms with Crippen molar-refractivity contribution >= 4 is 6.16 Å². The molecule has 2 unspecified atom stereocenters. The minimum absolute atomic E-state index is 0.0906. The van der Waals surface area contributed by atoms with Crippen LogP contribution >= 0.6 is 0 Å². The summed E-state index contributed by atoms with van der Waals surface area (Å²) in [5, 5.41) is 0. The molecule has 0 N–H and O–H groups in total. The number of carbonyl (C=O) groups is 1. The van der Waals surface area contributed by atoms with E-state index in [-0.39, 0.29) is 19.0 Å². The Kier molecular flexibility index (Phi) is 4.61. The van der Waals surface area contributed by atoms with Crippen molar-refractivity contribution in [1.29, 1.82) is 0 Å². The van der Waals surface area contributed by atoms with Crippen molar-refractivity contribution < 1.29 is 23.7 Å². The van der Waals surface area contributed by atoms with Crippen molar-refractivity contribution in [1.82, 2.24) is 0 Å². The van der Waals surface area contributed by atoms with Crippen LogP contribution in [0.5, 0.6) is 0 Å². The molecule has 0 spiro atoms. The Bertz CT molecular complexity index is 272. The molecule has 1 heterocycles. The number of carbonyl (C=O) groups excluding carboxylic acids is 1. The van der Waals surface area contributed by atoms with E-state index in [1.807, 2.05) is 6.92 Å². The quantitative estimate of drug-likeness (QED) is 0.696. The lowest BCUT2D eigenvalue weighted by Crippen LogP contribution is -2.18. The summed E-state index contributed by atoms with van der Waals surface area (Å²) in [6.45, 7) is 7.39. The molecule has 1 saturated heterocycles. The van der Waals surface area contributed by atoms with Gasteiger partial charge in [-0.2, -0.15) is 0 Å². The average Bonchev–Trinajstić information content (AvgIpc) is 2.49. The number of rotatable bonds is 3. The zero-order chi connectivity index (χ0) is 12.1. The van der Waals surface area contributed by atoms with Gasteiger partial charge in [-0.05, 0) is 33.8 Å².